The molecule has 1 aromatic carbocycles. The van der Waals surface area contributed by atoms with Gasteiger partial charge < -0.3 is 4.74 Å². The van der Waals surface area contributed by atoms with E-state index in [-0.39, 0.29) is 5.92 Å². The summed E-state index contributed by atoms with van der Waals surface area (Å²) in [6, 6.07) is 7.51. The van der Waals surface area contributed by atoms with Crippen LogP contribution in [0, 0.1) is 11.3 Å². The molecule has 0 spiro atoms. The lowest BCUT2D eigenvalue weighted by atomic mass is 10.0. The lowest BCUT2D eigenvalue weighted by molar-refractivity contribution is 0.414. The van der Waals surface area contributed by atoms with Crippen molar-refractivity contribution in [3.63, 3.8) is 0 Å². The minimum Gasteiger partial charge on any atom is -0.495 e. The number of benzene rings is 1. The maximum atomic E-state index is 8.70. The number of nitriles is 1. The summed E-state index contributed by atoms with van der Waals surface area (Å²) < 4.78 is 5.04. The van der Waals surface area contributed by atoms with Crippen LogP contribution in [0.15, 0.2) is 18.2 Å². The van der Waals surface area contributed by atoms with Crippen LogP contribution >= 0.6 is 11.6 Å². The molecule has 1 rings (SSSR count). The zero-order valence-electron chi connectivity index (χ0n) is 7.54. The molecule has 0 aliphatic rings. The summed E-state index contributed by atoms with van der Waals surface area (Å²) in [6.07, 6.45) is 0. The first-order valence-corrected chi connectivity index (χ1v) is 4.30. The summed E-state index contributed by atoms with van der Waals surface area (Å²) in [7, 11) is 1.56. The highest BCUT2D eigenvalue weighted by molar-refractivity contribution is 6.32. The molecular formula is C10H10ClNO. The Hall–Kier alpha value is -1.20. The van der Waals surface area contributed by atoms with Crippen molar-refractivity contribution in [1.29, 1.82) is 5.26 Å². The molecule has 2 nitrogen and oxygen atoms in total. The molecule has 0 bridgehead atoms. The van der Waals surface area contributed by atoms with E-state index in [0.29, 0.717) is 10.8 Å². The van der Waals surface area contributed by atoms with Crippen molar-refractivity contribution < 1.29 is 4.74 Å². The van der Waals surface area contributed by atoms with Crippen molar-refractivity contribution in [2.75, 3.05) is 7.11 Å². The van der Waals surface area contributed by atoms with Gasteiger partial charge in [0.2, 0.25) is 0 Å². The van der Waals surface area contributed by atoms with E-state index >= 15 is 0 Å². The Morgan fingerprint density at radius 1 is 1.54 bits per heavy atom. The van der Waals surface area contributed by atoms with Gasteiger partial charge in [0.15, 0.2) is 0 Å². The fraction of sp³-hybridized carbons (Fsp3) is 0.300. The number of ether oxygens (including phenoxy) is 1. The minimum absolute atomic E-state index is 0.133. The van der Waals surface area contributed by atoms with E-state index in [1.54, 1.807) is 19.2 Å². The molecule has 3 heteroatoms. The van der Waals surface area contributed by atoms with Gasteiger partial charge in [0.05, 0.1) is 24.1 Å². The average Bonchev–Trinajstić information content (AvgIpc) is 2.17. The van der Waals surface area contributed by atoms with Crippen LogP contribution in [0.25, 0.3) is 0 Å². The maximum absolute atomic E-state index is 8.70. The second-order valence-corrected chi connectivity index (χ2v) is 3.15. The number of rotatable bonds is 2. The lowest BCUT2D eigenvalue weighted by Crippen LogP contribution is -1.91. The molecule has 1 unspecified atom stereocenters. The largest absolute Gasteiger partial charge is 0.495 e. The van der Waals surface area contributed by atoms with E-state index in [4.69, 9.17) is 21.6 Å². The molecule has 0 amide bonds. The van der Waals surface area contributed by atoms with Gasteiger partial charge in [-0.25, -0.2) is 0 Å². The molecule has 68 valence electrons. The number of methoxy groups -OCH3 is 1. The first-order chi connectivity index (χ1) is 6.19. The molecule has 1 aromatic rings. The fourth-order valence-electron chi connectivity index (χ4n) is 1.02. The predicted octanol–water partition coefficient (Wildman–Crippen LogP) is 2.98. The van der Waals surface area contributed by atoms with Crippen LogP contribution in [0.4, 0.5) is 0 Å². The number of hydrogen-bond acceptors (Lipinski definition) is 2. The third kappa shape index (κ3) is 2.13. The van der Waals surface area contributed by atoms with E-state index in [1.165, 1.54) is 0 Å². The van der Waals surface area contributed by atoms with Gasteiger partial charge in [-0.2, -0.15) is 5.26 Å². The Morgan fingerprint density at radius 3 is 2.77 bits per heavy atom. The van der Waals surface area contributed by atoms with Crippen molar-refractivity contribution in [3.8, 4) is 11.8 Å². The Morgan fingerprint density at radius 2 is 2.23 bits per heavy atom. The SMILES string of the molecule is COc1cc(C(C)C#N)ccc1Cl. The first-order valence-electron chi connectivity index (χ1n) is 3.92. The topological polar surface area (TPSA) is 33.0 Å². The molecule has 0 aromatic heterocycles. The molecule has 0 saturated heterocycles. The van der Waals surface area contributed by atoms with Crippen molar-refractivity contribution in [1.82, 2.24) is 0 Å². The Bertz CT molecular complexity index is 343. The highest BCUT2D eigenvalue weighted by atomic mass is 35.5. The van der Waals surface area contributed by atoms with E-state index in [9.17, 15) is 0 Å². The van der Waals surface area contributed by atoms with Gasteiger partial charge in [-0.1, -0.05) is 17.7 Å². The Balaban J connectivity index is 3.08. The van der Waals surface area contributed by atoms with Gasteiger partial charge in [-0.3, -0.25) is 0 Å². The summed E-state index contributed by atoms with van der Waals surface area (Å²) >= 11 is 5.84. The number of nitrogens with zero attached hydrogens (tertiary/aromatic N) is 1. The van der Waals surface area contributed by atoms with Crippen LogP contribution in [0.1, 0.15) is 18.4 Å². The van der Waals surface area contributed by atoms with Gasteiger partial charge in [0, 0.05) is 0 Å². The van der Waals surface area contributed by atoms with Crippen LogP contribution in [-0.4, -0.2) is 7.11 Å². The lowest BCUT2D eigenvalue weighted by Gasteiger charge is -2.07. The Labute approximate surface area is 82.7 Å². The second-order valence-electron chi connectivity index (χ2n) is 2.74. The second kappa shape index (κ2) is 4.15. The van der Waals surface area contributed by atoms with E-state index in [0.717, 1.165) is 5.56 Å². The first kappa shape index (κ1) is 9.88. The standard InChI is InChI=1S/C10H10ClNO/c1-7(6-12)8-3-4-9(11)10(5-8)13-2/h3-5,7H,1-2H3. The van der Waals surface area contributed by atoms with Gasteiger partial charge in [0.25, 0.3) is 0 Å². The fourth-order valence-corrected chi connectivity index (χ4v) is 1.21. The van der Waals surface area contributed by atoms with Crippen LogP contribution in [-0.2, 0) is 0 Å². The number of hydrogen-bond donors (Lipinski definition) is 0. The summed E-state index contributed by atoms with van der Waals surface area (Å²) in [6.45, 7) is 1.84. The van der Waals surface area contributed by atoms with Gasteiger partial charge in [-0.15, -0.1) is 0 Å². The maximum Gasteiger partial charge on any atom is 0.137 e. The highest BCUT2D eigenvalue weighted by Crippen LogP contribution is 2.27. The molecule has 0 aliphatic carbocycles. The molecule has 0 aliphatic heterocycles. The normalized spacial score (nSPS) is 11.8. The third-order valence-corrected chi connectivity index (χ3v) is 2.18. The molecule has 0 N–H and O–H groups in total. The summed E-state index contributed by atoms with van der Waals surface area (Å²) in [5.41, 5.74) is 0.920. The van der Waals surface area contributed by atoms with Gasteiger partial charge >= 0.3 is 0 Å². The van der Waals surface area contributed by atoms with Crippen molar-refractivity contribution in [2.45, 2.75) is 12.8 Å². The molecule has 0 radical (unpaired) electrons. The minimum atomic E-state index is -0.133. The number of halogens is 1. The van der Waals surface area contributed by atoms with Gasteiger partial charge in [-0.05, 0) is 24.6 Å². The van der Waals surface area contributed by atoms with Crippen LogP contribution in [0.3, 0.4) is 0 Å². The molecular weight excluding hydrogens is 186 g/mol. The molecule has 0 saturated carbocycles. The van der Waals surface area contributed by atoms with E-state index < -0.39 is 0 Å². The van der Waals surface area contributed by atoms with E-state index in [2.05, 4.69) is 6.07 Å². The van der Waals surface area contributed by atoms with Crippen molar-refractivity contribution >= 4 is 11.6 Å². The average molecular weight is 196 g/mol. The van der Waals surface area contributed by atoms with Gasteiger partial charge in [0.1, 0.15) is 5.75 Å². The monoisotopic (exact) mass is 195 g/mol. The van der Waals surface area contributed by atoms with Crippen LogP contribution in [0.5, 0.6) is 5.75 Å². The zero-order chi connectivity index (χ0) is 9.84. The predicted molar refractivity (Wildman–Crippen MR) is 52.0 cm³/mol. The summed E-state index contributed by atoms with van der Waals surface area (Å²) in [5.74, 6) is 0.479. The molecule has 0 fully saturated rings. The quantitative estimate of drug-likeness (QED) is 0.727. The highest BCUT2D eigenvalue weighted by Gasteiger charge is 2.07. The molecule has 0 heterocycles. The smallest absolute Gasteiger partial charge is 0.137 e. The van der Waals surface area contributed by atoms with E-state index in [1.807, 2.05) is 13.0 Å². The molecule has 1 atom stereocenters. The summed E-state index contributed by atoms with van der Waals surface area (Å²) in [5, 5.41) is 9.26. The third-order valence-electron chi connectivity index (χ3n) is 1.87. The van der Waals surface area contributed by atoms with Crippen LogP contribution in [0.2, 0.25) is 5.02 Å². The van der Waals surface area contributed by atoms with Crippen LogP contribution < -0.4 is 4.74 Å². The molecule has 13 heavy (non-hydrogen) atoms. The van der Waals surface area contributed by atoms with Crippen molar-refractivity contribution in [2.24, 2.45) is 0 Å². The zero-order valence-corrected chi connectivity index (χ0v) is 8.30. The summed E-state index contributed by atoms with van der Waals surface area (Å²) in [4.78, 5) is 0. The van der Waals surface area contributed by atoms with Crippen molar-refractivity contribution in [3.05, 3.63) is 28.8 Å². The Kier molecular flexibility index (Phi) is 3.16.